The average molecular weight is 2100 g/mol. The van der Waals surface area contributed by atoms with Gasteiger partial charge in [-0.25, -0.2) is 8.78 Å². The van der Waals surface area contributed by atoms with Gasteiger partial charge in [-0.3, -0.25) is 48.5 Å². The minimum Gasteiger partial charge on any atom is -0.491 e. The molecule has 0 fully saturated rings. The molecule has 5 amide bonds. The van der Waals surface area contributed by atoms with E-state index in [4.69, 9.17) is 72.3 Å². The standard InChI is InChI=1S/C27H28FNO.C26H25Cl2NO.C26H25ClFNO.C25H24ClNO2.C25H24ClNO.CO2/c1-17-8-7-9-20(14-17)29-24-13-10-18(2)15-22(24)27(6,25(29)30)19-11-12-21(23(28)16-19)26(3,4)5;1-16-7-6-8-20(13-16)29-23-21(14-19(27)15-22(23)28)26(5,24(29)30)18-11-9-17(10-12-18)25(2,3)4;1-16-7-6-8-19(13-16)29-23-15-18(27)10-12-21(23)26(5,24(29)30)17-9-11-20(22(28)14-17)25(2,3)4;1-16(2)29-21-12-7-18(8-13-21)25(4)22-15-19(26)9-14-23(22)27(24(25)28)20-10-5-17(3)6-11-20;1-24(2,3)17-10-12-18(13-11-17)25(4)21-16-19(26)14-15-22(21)27(23(25)28)20-8-6-5-7-9-20;2-1-3/h7-16H,1-6H3;2*6-15H,1-5H3;5-16H,1-4H3;5-16H,1-4H3;. The van der Waals surface area contributed by atoms with E-state index in [9.17, 15) is 24.0 Å². The zero-order chi connectivity index (χ0) is 109. The number of hydrogen-bond donors (Lipinski definition) is 0. The highest BCUT2D eigenvalue weighted by Crippen LogP contribution is 2.58. The van der Waals surface area contributed by atoms with Crippen molar-refractivity contribution >= 4 is 151 Å². The third-order valence-corrected chi connectivity index (χ3v) is 30.6. The van der Waals surface area contributed by atoms with Gasteiger partial charge in [-0.2, -0.15) is 9.59 Å². The summed E-state index contributed by atoms with van der Waals surface area (Å²) in [7, 11) is 0. The Morgan fingerprint density at radius 2 is 0.593 bits per heavy atom. The van der Waals surface area contributed by atoms with Crippen LogP contribution in [0.25, 0.3) is 0 Å². The minimum absolute atomic E-state index is 0.0103. The third kappa shape index (κ3) is 21.0. The van der Waals surface area contributed by atoms with E-state index in [-0.39, 0.29) is 75.1 Å². The Morgan fingerprint density at radius 1 is 0.280 bits per heavy atom. The van der Waals surface area contributed by atoms with Gasteiger partial charge >= 0.3 is 6.15 Å². The maximum Gasteiger partial charge on any atom is 0.373 e. The van der Waals surface area contributed by atoms with E-state index < -0.39 is 27.1 Å². The number of carbonyl (C=O) groups is 5. The Bertz CT molecular complexity index is 7770. The number of rotatable bonds is 12. The summed E-state index contributed by atoms with van der Waals surface area (Å²) in [5.74, 6) is 0.0755. The molecule has 0 bridgehead atoms. The summed E-state index contributed by atoms with van der Waals surface area (Å²) >= 11 is 32.0. The molecule has 15 aromatic carbocycles. The lowest BCUT2D eigenvalue weighted by Crippen LogP contribution is -2.37. The lowest BCUT2D eigenvalue weighted by Gasteiger charge is -2.27. The predicted octanol–water partition coefficient (Wildman–Crippen LogP) is 33.8. The third-order valence-electron chi connectivity index (χ3n) is 29.3. The number of ether oxygens (including phenoxy) is 1. The molecule has 0 saturated carbocycles. The van der Waals surface area contributed by atoms with Crippen molar-refractivity contribution in [2.45, 2.75) is 221 Å². The van der Waals surface area contributed by atoms with Crippen LogP contribution >= 0.6 is 58.0 Å². The maximum absolute atomic E-state index is 15.1. The zero-order valence-corrected chi connectivity index (χ0v) is 93.1. The summed E-state index contributed by atoms with van der Waals surface area (Å²) in [6.07, 6.45) is 0.348. The van der Waals surface area contributed by atoms with Crippen molar-refractivity contribution in [3.63, 3.8) is 0 Å². The second-order valence-corrected chi connectivity index (χ2v) is 46.8. The Morgan fingerprint density at radius 3 is 0.993 bits per heavy atom. The van der Waals surface area contributed by atoms with Gasteiger partial charge < -0.3 is 4.74 Å². The Balaban J connectivity index is 0.000000139. The van der Waals surface area contributed by atoms with Gasteiger partial charge in [-0.1, -0.05) is 322 Å². The Labute approximate surface area is 906 Å². The molecule has 0 radical (unpaired) electrons. The topological polar surface area (TPSA) is 145 Å². The first-order chi connectivity index (χ1) is 70.5. The molecule has 0 N–H and O–H groups in total. The molecule has 5 atom stereocenters. The van der Waals surface area contributed by atoms with Crippen molar-refractivity contribution in [1.82, 2.24) is 0 Å². The predicted molar refractivity (Wildman–Crippen MR) is 609 cm³/mol. The van der Waals surface area contributed by atoms with E-state index in [1.807, 2.05) is 366 Å². The Hall–Kier alpha value is -13.9. The molecule has 5 aliphatic heterocycles. The molecule has 5 unspecified atom stereocenters. The van der Waals surface area contributed by atoms with Gasteiger partial charge in [-0.05, 0) is 351 Å². The summed E-state index contributed by atoms with van der Waals surface area (Å²) < 4.78 is 35.9. The van der Waals surface area contributed by atoms with Gasteiger partial charge in [0.2, 0.25) is 29.5 Å². The van der Waals surface area contributed by atoms with Crippen molar-refractivity contribution in [1.29, 1.82) is 0 Å². The van der Waals surface area contributed by atoms with Gasteiger partial charge in [-0.15, -0.1) is 0 Å². The maximum atomic E-state index is 15.1. The molecule has 15 aromatic rings. The number of nitrogens with zero attached hydrogens (tertiary/aromatic N) is 5. The van der Waals surface area contributed by atoms with E-state index in [0.29, 0.717) is 53.1 Å². The smallest absolute Gasteiger partial charge is 0.373 e. The van der Waals surface area contributed by atoms with E-state index in [1.165, 1.54) is 17.2 Å². The second kappa shape index (κ2) is 42.5. The molecular formula is C130H126Cl5F2N5O8. The fraction of sp³-hybridized carbons (Fsp3) is 0.262. The number of carbonyl (C=O) groups excluding carboxylic acids is 7. The van der Waals surface area contributed by atoms with Crippen LogP contribution in [0.15, 0.2) is 322 Å². The number of hydrogen-bond acceptors (Lipinski definition) is 8. The van der Waals surface area contributed by atoms with Gasteiger partial charge in [0.1, 0.15) is 17.4 Å². The fourth-order valence-corrected chi connectivity index (χ4v) is 21.9. The quantitative estimate of drug-likeness (QED) is 0.118. The van der Waals surface area contributed by atoms with Crippen molar-refractivity contribution < 1.29 is 47.1 Å². The highest BCUT2D eigenvalue weighted by atomic mass is 35.5. The summed E-state index contributed by atoms with van der Waals surface area (Å²) in [6.45, 7) is 48.8. The van der Waals surface area contributed by atoms with Crippen LogP contribution < -0.4 is 29.2 Å². The van der Waals surface area contributed by atoms with E-state index >= 15 is 8.78 Å². The van der Waals surface area contributed by atoms with Crippen molar-refractivity contribution in [2.24, 2.45) is 0 Å². The summed E-state index contributed by atoms with van der Waals surface area (Å²) in [5, 5.41) is 2.81. The monoisotopic (exact) mass is 2100 g/mol. The van der Waals surface area contributed by atoms with Crippen LogP contribution in [0.1, 0.15) is 237 Å². The van der Waals surface area contributed by atoms with E-state index in [1.54, 1.807) is 43.9 Å². The van der Waals surface area contributed by atoms with Crippen LogP contribution in [0.3, 0.4) is 0 Å². The lowest BCUT2D eigenvalue weighted by molar-refractivity contribution is -0.191. The minimum atomic E-state index is -1.01. The molecule has 20 heteroatoms. The van der Waals surface area contributed by atoms with E-state index in [0.717, 1.165) is 129 Å². The van der Waals surface area contributed by atoms with Crippen LogP contribution in [-0.2, 0) is 82.3 Å². The first kappa shape index (κ1) is 110. The van der Waals surface area contributed by atoms with Crippen LogP contribution in [0, 0.1) is 46.3 Å². The molecule has 150 heavy (non-hydrogen) atoms. The lowest BCUT2D eigenvalue weighted by atomic mass is 9.75. The summed E-state index contributed by atoms with van der Waals surface area (Å²) in [6, 6.07) is 103. The molecule has 20 rings (SSSR count). The molecule has 0 aromatic heterocycles. The van der Waals surface area contributed by atoms with Gasteiger partial charge in [0.05, 0.1) is 66.6 Å². The molecule has 13 nitrogen and oxygen atoms in total. The molecule has 0 aliphatic carbocycles. The molecule has 5 aliphatic rings. The zero-order valence-electron chi connectivity index (χ0n) is 89.3. The molecular weight excluding hydrogens is 1970 g/mol. The van der Waals surface area contributed by atoms with Gasteiger partial charge in [0.25, 0.3) is 0 Å². The molecule has 0 saturated heterocycles. The largest absolute Gasteiger partial charge is 0.491 e. The first-order valence-electron chi connectivity index (χ1n) is 50.2. The second-order valence-electron chi connectivity index (χ2n) is 44.6. The number of para-hydroxylation sites is 1. The number of halogens is 7. The SMILES string of the molecule is CC(C)(C)c1ccc(C2(C)C(=O)N(c3ccccc3)c3ccc(Cl)cc32)cc1.Cc1ccc(N2C(=O)C(C)(c3ccc(OC(C)C)cc3)c3cc(Cl)ccc32)cc1.Cc1cccc(N2C(=O)C(C)(c3ccc(C(C)(C)C)c(F)c3)c3cc(C)ccc32)c1.Cc1cccc(N2C(=O)C(C)(c3ccc(C(C)(C)C)c(F)c3)c3ccc(Cl)cc32)c1.Cc1cccc(N2C(=O)C(C)(c3ccc(C(C)(C)C)cc3)c3cc(Cl)cc(Cl)c32)c1.O=C=O. The average Bonchev–Trinajstić information content (AvgIpc) is 1.92. The van der Waals surface area contributed by atoms with Crippen molar-refractivity contribution in [2.75, 3.05) is 24.5 Å². The number of amides is 5. The number of aryl methyl sites for hydroxylation is 5. The number of anilines is 10. The number of fused-ring (bicyclic) bond motifs is 5. The molecule has 0 spiro atoms. The summed E-state index contributed by atoms with van der Waals surface area (Å²) in [4.78, 5) is 94.4. The van der Waals surface area contributed by atoms with Crippen LogP contribution in [0.5, 0.6) is 5.75 Å². The van der Waals surface area contributed by atoms with Crippen LogP contribution in [0.2, 0.25) is 25.1 Å². The van der Waals surface area contributed by atoms with Gasteiger partial charge in [0.15, 0.2) is 0 Å². The van der Waals surface area contributed by atoms with E-state index in [2.05, 4.69) is 96.1 Å². The van der Waals surface area contributed by atoms with Crippen LogP contribution in [0.4, 0.5) is 65.7 Å². The van der Waals surface area contributed by atoms with Crippen LogP contribution in [-0.4, -0.2) is 41.8 Å². The normalized spacial score (nSPS) is 18.3. The van der Waals surface area contributed by atoms with Crippen molar-refractivity contribution in [3.05, 3.63) is 464 Å². The van der Waals surface area contributed by atoms with Crippen molar-refractivity contribution in [3.8, 4) is 5.75 Å². The number of benzene rings is 15. The summed E-state index contributed by atoms with van der Waals surface area (Å²) in [5.41, 5.74) is 21.0. The Kier molecular flexibility index (Phi) is 31.3. The highest BCUT2D eigenvalue weighted by molar-refractivity contribution is 6.39. The highest BCUT2D eigenvalue weighted by Gasteiger charge is 2.56. The van der Waals surface area contributed by atoms with Gasteiger partial charge in [0, 0.05) is 48.5 Å². The molecule has 5 heterocycles. The molecule has 768 valence electrons. The first-order valence-corrected chi connectivity index (χ1v) is 52.1. The fourth-order valence-electron chi connectivity index (χ4n) is 20.8.